The molecule has 1 aromatic carbocycles. The van der Waals surface area contributed by atoms with Crippen LogP contribution in [0.2, 0.25) is 0 Å². The van der Waals surface area contributed by atoms with Gasteiger partial charge >= 0.3 is 0 Å². The van der Waals surface area contributed by atoms with Crippen LogP contribution in [0.5, 0.6) is 0 Å². The quantitative estimate of drug-likeness (QED) is 0.668. The van der Waals surface area contributed by atoms with Gasteiger partial charge in [-0.15, -0.1) is 0 Å². The summed E-state index contributed by atoms with van der Waals surface area (Å²) in [4.78, 5) is 0. The van der Waals surface area contributed by atoms with Crippen molar-refractivity contribution in [2.45, 2.75) is 6.61 Å². The molecule has 3 nitrogen and oxygen atoms in total. The molecule has 1 heterocycles. The summed E-state index contributed by atoms with van der Waals surface area (Å²) in [6, 6.07) is 4.62. The van der Waals surface area contributed by atoms with Crippen molar-refractivity contribution in [2.24, 2.45) is 0 Å². The largest absolute Gasteiger partial charge is 0.390 e. The summed E-state index contributed by atoms with van der Waals surface area (Å²) in [5.74, 6) is -0.356. The molecule has 2 aromatic rings. The second-order valence-electron chi connectivity index (χ2n) is 2.49. The van der Waals surface area contributed by atoms with E-state index in [-0.39, 0.29) is 12.4 Å². The smallest absolute Gasteiger partial charge is 0.134 e. The molecule has 0 aliphatic heterocycles. The van der Waals surface area contributed by atoms with E-state index in [4.69, 9.17) is 5.11 Å². The van der Waals surface area contributed by atoms with Gasteiger partial charge in [-0.1, -0.05) is 6.07 Å². The van der Waals surface area contributed by atoms with Crippen LogP contribution in [-0.2, 0) is 6.61 Å². The summed E-state index contributed by atoms with van der Waals surface area (Å²) in [5.41, 5.74) is 0.960. The van der Waals surface area contributed by atoms with E-state index in [9.17, 15) is 4.39 Å². The van der Waals surface area contributed by atoms with Crippen molar-refractivity contribution in [3.8, 4) is 0 Å². The summed E-state index contributed by atoms with van der Waals surface area (Å²) in [6.45, 7) is -0.225. The molecule has 0 fully saturated rings. The number of hydrogen-bond acceptors (Lipinski definition) is 2. The van der Waals surface area contributed by atoms with E-state index >= 15 is 0 Å². The molecule has 0 amide bonds. The first-order valence-electron chi connectivity index (χ1n) is 3.55. The molecule has 0 aliphatic rings. The second-order valence-corrected chi connectivity index (χ2v) is 2.49. The monoisotopic (exact) mass is 166 g/mol. The summed E-state index contributed by atoms with van der Waals surface area (Å²) >= 11 is 0. The van der Waals surface area contributed by atoms with E-state index in [1.807, 2.05) is 0 Å². The summed E-state index contributed by atoms with van der Waals surface area (Å²) < 4.78 is 13.1. The molecule has 12 heavy (non-hydrogen) atoms. The summed E-state index contributed by atoms with van der Waals surface area (Å²) in [7, 11) is 0. The van der Waals surface area contributed by atoms with Gasteiger partial charge in [0, 0.05) is 0 Å². The van der Waals surface area contributed by atoms with Crippen LogP contribution in [0.4, 0.5) is 4.39 Å². The number of rotatable bonds is 1. The molecular formula is C8H7FN2O. The van der Waals surface area contributed by atoms with Crippen molar-refractivity contribution in [2.75, 3.05) is 0 Å². The molecule has 2 rings (SSSR count). The molecule has 62 valence electrons. The Morgan fingerprint density at radius 1 is 1.50 bits per heavy atom. The fourth-order valence-corrected chi connectivity index (χ4v) is 1.20. The SMILES string of the molecule is OCc1[nH]nc2cccc(F)c12. The third kappa shape index (κ3) is 0.887. The normalized spacial score (nSPS) is 10.8. The number of aromatic amines is 1. The van der Waals surface area contributed by atoms with Crippen LogP contribution < -0.4 is 0 Å². The van der Waals surface area contributed by atoms with E-state index < -0.39 is 0 Å². The Morgan fingerprint density at radius 2 is 2.33 bits per heavy atom. The van der Waals surface area contributed by atoms with Gasteiger partial charge in [-0.05, 0) is 12.1 Å². The number of nitrogens with zero attached hydrogens (tertiary/aromatic N) is 1. The maximum Gasteiger partial charge on any atom is 0.134 e. The van der Waals surface area contributed by atoms with Crippen LogP contribution in [0.1, 0.15) is 5.69 Å². The van der Waals surface area contributed by atoms with E-state index in [1.165, 1.54) is 6.07 Å². The van der Waals surface area contributed by atoms with Crippen molar-refractivity contribution < 1.29 is 9.50 Å². The number of nitrogens with one attached hydrogen (secondary N) is 1. The van der Waals surface area contributed by atoms with Gasteiger partial charge in [0.25, 0.3) is 0 Å². The van der Waals surface area contributed by atoms with Crippen LogP contribution in [0.15, 0.2) is 18.2 Å². The zero-order valence-corrected chi connectivity index (χ0v) is 6.21. The summed E-state index contributed by atoms with van der Waals surface area (Å²) in [5, 5.41) is 15.6. The zero-order valence-electron chi connectivity index (χ0n) is 6.21. The van der Waals surface area contributed by atoms with Gasteiger partial charge in [0.2, 0.25) is 0 Å². The molecule has 0 spiro atoms. The molecule has 2 N–H and O–H groups in total. The molecule has 0 unspecified atom stereocenters. The number of hydrogen-bond donors (Lipinski definition) is 2. The Kier molecular flexibility index (Phi) is 1.55. The Morgan fingerprint density at radius 3 is 3.08 bits per heavy atom. The maximum absolute atomic E-state index is 13.1. The lowest BCUT2D eigenvalue weighted by Crippen LogP contribution is -1.85. The molecule has 0 aliphatic carbocycles. The van der Waals surface area contributed by atoms with Crippen LogP contribution in [-0.4, -0.2) is 15.3 Å². The zero-order chi connectivity index (χ0) is 8.55. The van der Waals surface area contributed by atoms with Gasteiger partial charge < -0.3 is 5.11 Å². The van der Waals surface area contributed by atoms with Gasteiger partial charge in [-0.3, -0.25) is 5.10 Å². The number of aliphatic hydroxyl groups is 1. The standard InChI is InChI=1S/C8H7FN2O/c9-5-2-1-3-6-8(5)7(4-12)11-10-6/h1-3,12H,4H2,(H,10,11). The number of benzene rings is 1. The fourth-order valence-electron chi connectivity index (χ4n) is 1.20. The fraction of sp³-hybridized carbons (Fsp3) is 0.125. The van der Waals surface area contributed by atoms with Crippen molar-refractivity contribution in [1.29, 1.82) is 0 Å². The number of aliphatic hydroxyl groups excluding tert-OH is 1. The van der Waals surface area contributed by atoms with Gasteiger partial charge in [0.1, 0.15) is 5.82 Å². The first-order chi connectivity index (χ1) is 5.83. The second kappa shape index (κ2) is 2.57. The van der Waals surface area contributed by atoms with Crippen LogP contribution >= 0.6 is 0 Å². The topological polar surface area (TPSA) is 48.9 Å². The number of aromatic nitrogens is 2. The molecule has 0 bridgehead atoms. The van der Waals surface area contributed by atoms with Crippen molar-refractivity contribution in [3.05, 3.63) is 29.7 Å². The molecule has 0 saturated carbocycles. The molecular weight excluding hydrogens is 159 g/mol. The lowest BCUT2D eigenvalue weighted by molar-refractivity contribution is 0.278. The number of halogens is 1. The Hall–Kier alpha value is -1.42. The highest BCUT2D eigenvalue weighted by Gasteiger charge is 2.07. The first kappa shape index (κ1) is 7.24. The minimum Gasteiger partial charge on any atom is -0.390 e. The molecule has 0 saturated heterocycles. The Labute approximate surface area is 67.8 Å². The van der Waals surface area contributed by atoms with E-state index in [0.717, 1.165) is 0 Å². The minimum absolute atomic E-state index is 0.225. The third-order valence-corrected chi connectivity index (χ3v) is 1.76. The highest BCUT2D eigenvalue weighted by atomic mass is 19.1. The van der Waals surface area contributed by atoms with E-state index in [2.05, 4.69) is 10.2 Å². The molecule has 4 heteroatoms. The molecule has 1 aromatic heterocycles. The van der Waals surface area contributed by atoms with Gasteiger partial charge in [-0.2, -0.15) is 5.10 Å². The van der Waals surface area contributed by atoms with Crippen LogP contribution in [0.25, 0.3) is 10.9 Å². The lowest BCUT2D eigenvalue weighted by atomic mass is 10.2. The Balaban J connectivity index is 2.83. The highest BCUT2D eigenvalue weighted by Crippen LogP contribution is 2.18. The third-order valence-electron chi connectivity index (χ3n) is 1.76. The van der Waals surface area contributed by atoms with E-state index in [1.54, 1.807) is 12.1 Å². The van der Waals surface area contributed by atoms with Crippen LogP contribution in [0.3, 0.4) is 0 Å². The van der Waals surface area contributed by atoms with Gasteiger partial charge in [0.05, 0.1) is 23.2 Å². The van der Waals surface area contributed by atoms with Crippen LogP contribution in [0, 0.1) is 5.82 Å². The summed E-state index contributed by atoms with van der Waals surface area (Å²) in [6.07, 6.45) is 0. The Bertz CT molecular complexity index is 410. The average Bonchev–Trinajstić information content (AvgIpc) is 2.49. The van der Waals surface area contributed by atoms with Crippen molar-refractivity contribution in [1.82, 2.24) is 10.2 Å². The van der Waals surface area contributed by atoms with E-state index in [0.29, 0.717) is 16.6 Å². The van der Waals surface area contributed by atoms with Crippen molar-refractivity contribution in [3.63, 3.8) is 0 Å². The van der Waals surface area contributed by atoms with Gasteiger partial charge in [-0.25, -0.2) is 4.39 Å². The number of fused-ring (bicyclic) bond motifs is 1. The first-order valence-corrected chi connectivity index (χ1v) is 3.55. The number of H-pyrrole nitrogens is 1. The lowest BCUT2D eigenvalue weighted by Gasteiger charge is -1.92. The average molecular weight is 166 g/mol. The van der Waals surface area contributed by atoms with Gasteiger partial charge in [0.15, 0.2) is 0 Å². The molecule has 0 radical (unpaired) electrons. The maximum atomic E-state index is 13.1. The minimum atomic E-state index is -0.356. The molecule has 0 atom stereocenters. The predicted molar refractivity (Wildman–Crippen MR) is 42.0 cm³/mol. The van der Waals surface area contributed by atoms with Crippen molar-refractivity contribution >= 4 is 10.9 Å². The predicted octanol–water partition coefficient (Wildman–Crippen LogP) is 1.19. The highest BCUT2D eigenvalue weighted by molar-refractivity contribution is 5.81.